The summed E-state index contributed by atoms with van der Waals surface area (Å²) < 4.78 is 5.82. The monoisotopic (exact) mass is 286 g/mol. The Morgan fingerprint density at radius 3 is 2.81 bits per heavy atom. The normalized spacial score (nSPS) is 17.1. The van der Waals surface area contributed by atoms with E-state index in [1.165, 1.54) is 6.42 Å². The number of nitrogens with one attached hydrogen (secondary N) is 1. The van der Waals surface area contributed by atoms with Crippen molar-refractivity contribution < 1.29 is 9.21 Å². The van der Waals surface area contributed by atoms with Gasteiger partial charge in [-0.3, -0.25) is 10.1 Å². The number of furan rings is 1. The number of rotatable bonds is 4. The molecule has 0 bridgehead atoms. The quantitative estimate of drug-likeness (QED) is 0.939. The Hall–Kier alpha value is -1.81. The molecule has 1 aromatic carbocycles. The SMILES string of the molecule is CC(NCC(=O)N1CCCCC1)c1cc2ccccc2o1. The first kappa shape index (κ1) is 14.1. The van der Waals surface area contributed by atoms with E-state index in [0.717, 1.165) is 42.7 Å². The lowest BCUT2D eigenvalue weighted by Gasteiger charge is -2.27. The van der Waals surface area contributed by atoms with E-state index >= 15 is 0 Å². The number of amides is 1. The fourth-order valence-electron chi connectivity index (χ4n) is 2.81. The van der Waals surface area contributed by atoms with E-state index in [9.17, 15) is 4.79 Å². The lowest BCUT2D eigenvalue weighted by molar-refractivity contribution is -0.131. The van der Waals surface area contributed by atoms with E-state index in [1.807, 2.05) is 42.2 Å². The Balaban J connectivity index is 1.58. The van der Waals surface area contributed by atoms with Gasteiger partial charge in [0.2, 0.25) is 5.91 Å². The van der Waals surface area contributed by atoms with Gasteiger partial charge in [-0.2, -0.15) is 0 Å². The van der Waals surface area contributed by atoms with E-state index in [2.05, 4.69) is 5.32 Å². The molecule has 4 heteroatoms. The van der Waals surface area contributed by atoms with Gasteiger partial charge in [-0.15, -0.1) is 0 Å². The third kappa shape index (κ3) is 3.27. The van der Waals surface area contributed by atoms with Crippen molar-refractivity contribution >= 4 is 16.9 Å². The van der Waals surface area contributed by atoms with Crippen LogP contribution in [0.2, 0.25) is 0 Å². The zero-order valence-electron chi connectivity index (χ0n) is 12.5. The second-order valence-corrected chi connectivity index (χ2v) is 5.73. The van der Waals surface area contributed by atoms with Crippen molar-refractivity contribution in [2.45, 2.75) is 32.2 Å². The molecule has 1 unspecified atom stereocenters. The van der Waals surface area contributed by atoms with E-state index in [-0.39, 0.29) is 11.9 Å². The van der Waals surface area contributed by atoms with E-state index < -0.39 is 0 Å². The predicted molar refractivity (Wildman–Crippen MR) is 83.1 cm³/mol. The summed E-state index contributed by atoms with van der Waals surface area (Å²) in [5.74, 6) is 1.07. The third-order valence-corrected chi connectivity index (χ3v) is 4.14. The standard InChI is InChI=1S/C17H22N2O2/c1-13(16-11-14-7-3-4-8-15(14)21-16)18-12-17(20)19-9-5-2-6-10-19/h3-4,7-8,11,13,18H,2,5-6,9-10,12H2,1H3. The fraction of sp³-hybridized carbons (Fsp3) is 0.471. The number of hydrogen-bond acceptors (Lipinski definition) is 3. The van der Waals surface area contributed by atoms with Crippen LogP contribution in [0.3, 0.4) is 0 Å². The minimum absolute atomic E-state index is 0.0335. The second kappa shape index (κ2) is 6.31. The van der Waals surface area contributed by atoms with Gasteiger partial charge in [0.05, 0.1) is 12.6 Å². The van der Waals surface area contributed by atoms with Crippen molar-refractivity contribution in [3.63, 3.8) is 0 Å². The molecule has 3 rings (SSSR count). The van der Waals surface area contributed by atoms with Crippen LogP contribution in [-0.2, 0) is 4.79 Å². The molecule has 21 heavy (non-hydrogen) atoms. The minimum Gasteiger partial charge on any atom is -0.459 e. The van der Waals surface area contributed by atoms with Crippen molar-refractivity contribution in [1.29, 1.82) is 0 Å². The topological polar surface area (TPSA) is 45.5 Å². The maximum Gasteiger partial charge on any atom is 0.236 e. The lowest BCUT2D eigenvalue weighted by atomic mass is 10.1. The van der Waals surface area contributed by atoms with Crippen LogP contribution in [0.4, 0.5) is 0 Å². The van der Waals surface area contributed by atoms with Crippen LogP contribution in [-0.4, -0.2) is 30.4 Å². The average Bonchev–Trinajstić information content (AvgIpc) is 2.97. The van der Waals surface area contributed by atoms with Crippen molar-refractivity contribution in [2.24, 2.45) is 0 Å². The Bertz CT molecular complexity index is 581. The minimum atomic E-state index is 0.0335. The molecule has 112 valence electrons. The van der Waals surface area contributed by atoms with Crippen molar-refractivity contribution in [3.8, 4) is 0 Å². The highest BCUT2D eigenvalue weighted by atomic mass is 16.3. The van der Waals surface area contributed by atoms with Gasteiger partial charge in [0.15, 0.2) is 0 Å². The molecular weight excluding hydrogens is 264 g/mol. The van der Waals surface area contributed by atoms with Crippen molar-refractivity contribution in [2.75, 3.05) is 19.6 Å². The molecule has 2 heterocycles. The highest BCUT2D eigenvalue weighted by molar-refractivity contribution is 5.79. The maximum absolute atomic E-state index is 12.1. The molecule has 1 aromatic heterocycles. The lowest BCUT2D eigenvalue weighted by Crippen LogP contribution is -2.41. The van der Waals surface area contributed by atoms with E-state index in [1.54, 1.807) is 0 Å². The summed E-state index contributed by atoms with van der Waals surface area (Å²) in [6, 6.07) is 10.0. The number of piperidine rings is 1. The first-order valence-electron chi connectivity index (χ1n) is 7.73. The van der Waals surface area contributed by atoms with Gasteiger partial charge in [-0.25, -0.2) is 0 Å². The molecule has 1 amide bonds. The summed E-state index contributed by atoms with van der Waals surface area (Å²) in [6.07, 6.45) is 3.50. The van der Waals surface area contributed by atoms with Gasteiger partial charge in [-0.1, -0.05) is 18.2 Å². The molecule has 1 aliphatic rings. The number of likely N-dealkylation sites (tertiary alicyclic amines) is 1. The van der Waals surface area contributed by atoms with Crippen molar-refractivity contribution in [3.05, 3.63) is 36.1 Å². The van der Waals surface area contributed by atoms with E-state index in [4.69, 9.17) is 4.42 Å². The Labute approximate surface area is 125 Å². The number of benzene rings is 1. The summed E-state index contributed by atoms with van der Waals surface area (Å²) in [7, 11) is 0. The molecule has 0 saturated carbocycles. The molecule has 0 radical (unpaired) electrons. The largest absolute Gasteiger partial charge is 0.459 e. The van der Waals surface area contributed by atoms with Gasteiger partial charge in [0.25, 0.3) is 0 Å². The van der Waals surface area contributed by atoms with Crippen LogP contribution in [0.1, 0.15) is 38.0 Å². The van der Waals surface area contributed by atoms with Crippen LogP contribution >= 0.6 is 0 Å². The Morgan fingerprint density at radius 2 is 2.05 bits per heavy atom. The van der Waals surface area contributed by atoms with Gasteiger partial charge < -0.3 is 9.32 Å². The molecule has 1 atom stereocenters. The summed E-state index contributed by atoms with van der Waals surface area (Å²) in [4.78, 5) is 14.1. The number of carbonyl (C=O) groups is 1. The third-order valence-electron chi connectivity index (χ3n) is 4.14. The van der Waals surface area contributed by atoms with Gasteiger partial charge in [0, 0.05) is 18.5 Å². The molecule has 1 aliphatic heterocycles. The van der Waals surface area contributed by atoms with Crippen LogP contribution < -0.4 is 5.32 Å². The molecule has 4 nitrogen and oxygen atoms in total. The van der Waals surface area contributed by atoms with Crippen LogP contribution in [0.5, 0.6) is 0 Å². The number of para-hydroxylation sites is 1. The van der Waals surface area contributed by atoms with Gasteiger partial charge in [0.1, 0.15) is 11.3 Å². The summed E-state index contributed by atoms with van der Waals surface area (Å²) in [5.41, 5.74) is 0.892. The molecule has 1 N–H and O–H groups in total. The average molecular weight is 286 g/mol. The number of nitrogens with zero attached hydrogens (tertiary/aromatic N) is 1. The number of hydrogen-bond donors (Lipinski definition) is 1. The molecule has 1 saturated heterocycles. The van der Waals surface area contributed by atoms with Crippen LogP contribution in [0, 0.1) is 0 Å². The predicted octanol–water partition coefficient (Wildman–Crippen LogP) is 3.10. The summed E-state index contributed by atoms with van der Waals surface area (Å²) >= 11 is 0. The van der Waals surface area contributed by atoms with Crippen molar-refractivity contribution in [1.82, 2.24) is 10.2 Å². The maximum atomic E-state index is 12.1. The zero-order chi connectivity index (χ0) is 14.7. The molecular formula is C17H22N2O2. The molecule has 0 spiro atoms. The first-order chi connectivity index (χ1) is 10.2. The Morgan fingerprint density at radius 1 is 1.29 bits per heavy atom. The molecule has 1 fully saturated rings. The van der Waals surface area contributed by atoms with Crippen LogP contribution in [0.25, 0.3) is 11.0 Å². The fourth-order valence-corrected chi connectivity index (χ4v) is 2.81. The molecule has 2 aromatic rings. The molecule has 0 aliphatic carbocycles. The summed E-state index contributed by atoms with van der Waals surface area (Å²) in [6.45, 7) is 4.21. The smallest absolute Gasteiger partial charge is 0.236 e. The van der Waals surface area contributed by atoms with Crippen LogP contribution in [0.15, 0.2) is 34.7 Å². The Kier molecular flexibility index (Phi) is 4.25. The first-order valence-corrected chi connectivity index (χ1v) is 7.73. The number of fused-ring (bicyclic) bond motifs is 1. The highest BCUT2D eigenvalue weighted by Crippen LogP contribution is 2.23. The van der Waals surface area contributed by atoms with E-state index in [0.29, 0.717) is 6.54 Å². The second-order valence-electron chi connectivity index (χ2n) is 5.73. The van der Waals surface area contributed by atoms with Gasteiger partial charge in [-0.05, 0) is 38.3 Å². The highest BCUT2D eigenvalue weighted by Gasteiger charge is 2.18. The van der Waals surface area contributed by atoms with Gasteiger partial charge >= 0.3 is 0 Å². The number of carbonyl (C=O) groups excluding carboxylic acids is 1. The summed E-state index contributed by atoms with van der Waals surface area (Å²) in [5, 5.41) is 4.37. The zero-order valence-corrected chi connectivity index (χ0v) is 12.5.